The summed E-state index contributed by atoms with van der Waals surface area (Å²) in [6, 6.07) is 12.1. The number of benzene rings is 1. The van der Waals surface area contributed by atoms with Gasteiger partial charge in [0.1, 0.15) is 0 Å². The highest BCUT2D eigenvalue weighted by Crippen LogP contribution is 2.27. The number of fused-ring (bicyclic) bond motifs is 1. The molecular weight excluding hydrogens is 344 g/mol. The van der Waals surface area contributed by atoms with Crippen LogP contribution in [0.3, 0.4) is 0 Å². The largest absolute Gasteiger partial charge is 0.335 e. The Labute approximate surface area is 158 Å². The number of hydrogen-bond donors (Lipinski definition) is 1. The molecule has 1 aromatic carbocycles. The molecule has 6 heteroatoms. The van der Waals surface area contributed by atoms with Crippen LogP contribution >= 0.6 is 11.8 Å². The number of nitrogens with zero attached hydrogens (tertiary/aromatic N) is 3. The van der Waals surface area contributed by atoms with Crippen LogP contribution in [0, 0.1) is 0 Å². The Morgan fingerprint density at radius 1 is 1.23 bits per heavy atom. The summed E-state index contributed by atoms with van der Waals surface area (Å²) >= 11 is 1.49. The Hall–Kier alpha value is -2.34. The third kappa shape index (κ3) is 4.25. The van der Waals surface area contributed by atoms with Crippen LogP contribution in [0.1, 0.15) is 32.8 Å². The summed E-state index contributed by atoms with van der Waals surface area (Å²) in [6.45, 7) is 6.79. The summed E-state index contributed by atoms with van der Waals surface area (Å²) in [4.78, 5) is 27.1. The van der Waals surface area contributed by atoms with E-state index >= 15 is 0 Å². The molecule has 0 saturated carbocycles. The molecule has 0 fully saturated rings. The molecule has 0 aliphatic carbocycles. The van der Waals surface area contributed by atoms with Crippen LogP contribution < -0.4 is 0 Å². The Balaban J connectivity index is 1.77. The van der Waals surface area contributed by atoms with E-state index in [1.165, 1.54) is 11.8 Å². The summed E-state index contributed by atoms with van der Waals surface area (Å²) in [6.07, 6.45) is 4.22. The standard InChI is InChI=1S/C20H24N4OS/c1-4-18(26-20-22-16-10-11-21-12-17(16)23-20)19(25)24(14(2)3)13-15-8-6-5-7-9-15/h5-12,14,18H,4,13H2,1-3H3,(H,22,23)/t18-/m1/s1. The van der Waals surface area contributed by atoms with Crippen LogP contribution in [0.5, 0.6) is 0 Å². The van der Waals surface area contributed by atoms with Gasteiger partial charge in [0.05, 0.1) is 22.5 Å². The first-order valence-corrected chi connectivity index (χ1v) is 9.77. The SMILES string of the molecule is CC[C@@H](Sc1nc2ccncc2[nH]1)C(=O)N(Cc1ccccc1)C(C)C. The fourth-order valence-electron chi connectivity index (χ4n) is 2.81. The first-order valence-electron chi connectivity index (χ1n) is 8.89. The highest BCUT2D eigenvalue weighted by Gasteiger charge is 2.27. The Morgan fingerprint density at radius 3 is 2.65 bits per heavy atom. The van der Waals surface area contributed by atoms with Crippen molar-refractivity contribution in [3.05, 3.63) is 54.4 Å². The zero-order valence-electron chi connectivity index (χ0n) is 15.3. The maximum Gasteiger partial charge on any atom is 0.236 e. The van der Waals surface area contributed by atoms with Crippen molar-refractivity contribution in [2.45, 2.75) is 50.2 Å². The van der Waals surface area contributed by atoms with Crippen LogP contribution in [0.15, 0.2) is 53.9 Å². The van der Waals surface area contributed by atoms with E-state index in [9.17, 15) is 4.79 Å². The van der Waals surface area contributed by atoms with Crippen molar-refractivity contribution in [1.29, 1.82) is 0 Å². The van der Waals surface area contributed by atoms with Crippen LogP contribution in [-0.4, -0.2) is 37.1 Å². The summed E-state index contributed by atoms with van der Waals surface area (Å²) < 4.78 is 0. The molecule has 2 aromatic heterocycles. The molecule has 136 valence electrons. The van der Waals surface area contributed by atoms with Crippen molar-refractivity contribution < 1.29 is 4.79 Å². The van der Waals surface area contributed by atoms with E-state index < -0.39 is 0 Å². The number of rotatable bonds is 7. The van der Waals surface area contributed by atoms with Gasteiger partial charge in [-0.15, -0.1) is 0 Å². The van der Waals surface area contributed by atoms with Gasteiger partial charge in [-0.3, -0.25) is 9.78 Å². The number of nitrogens with one attached hydrogen (secondary N) is 1. The van der Waals surface area contributed by atoms with Gasteiger partial charge in [0.15, 0.2) is 5.16 Å². The van der Waals surface area contributed by atoms with Crippen LogP contribution in [-0.2, 0) is 11.3 Å². The highest BCUT2D eigenvalue weighted by molar-refractivity contribution is 8.00. The fourth-order valence-corrected chi connectivity index (χ4v) is 3.80. The first kappa shape index (κ1) is 18.5. The van der Waals surface area contributed by atoms with Crippen molar-refractivity contribution in [2.75, 3.05) is 0 Å². The van der Waals surface area contributed by atoms with Crippen LogP contribution in [0.2, 0.25) is 0 Å². The lowest BCUT2D eigenvalue weighted by atomic mass is 10.1. The van der Waals surface area contributed by atoms with Gasteiger partial charge in [-0.25, -0.2) is 4.98 Å². The molecule has 3 aromatic rings. The van der Waals surface area contributed by atoms with Gasteiger partial charge < -0.3 is 9.88 Å². The number of amides is 1. The summed E-state index contributed by atoms with van der Waals surface area (Å²) in [5.41, 5.74) is 2.90. The lowest BCUT2D eigenvalue weighted by molar-refractivity contribution is -0.133. The van der Waals surface area contributed by atoms with E-state index in [0.29, 0.717) is 6.54 Å². The van der Waals surface area contributed by atoms with Crippen molar-refractivity contribution >= 4 is 28.7 Å². The molecular formula is C20H24N4OS. The molecule has 5 nitrogen and oxygen atoms in total. The van der Waals surface area contributed by atoms with E-state index in [1.54, 1.807) is 12.4 Å². The predicted molar refractivity (Wildman–Crippen MR) is 106 cm³/mol. The Bertz CT molecular complexity index is 829. The van der Waals surface area contributed by atoms with E-state index in [1.807, 2.05) is 36.1 Å². The van der Waals surface area contributed by atoms with Gasteiger partial charge in [-0.1, -0.05) is 49.0 Å². The third-order valence-electron chi connectivity index (χ3n) is 4.26. The van der Waals surface area contributed by atoms with Gasteiger partial charge in [-0.05, 0) is 31.9 Å². The number of thioether (sulfide) groups is 1. The number of carbonyl (C=O) groups excluding carboxylic acids is 1. The fraction of sp³-hybridized carbons (Fsp3) is 0.350. The van der Waals surface area contributed by atoms with Crippen molar-refractivity contribution in [1.82, 2.24) is 19.9 Å². The van der Waals surface area contributed by atoms with Crippen LogP contribution in [0.4, 0.5) is 0 Å². The van der Waals surface area contributed by atoms with E-state index in [2.05, 4.69) is 40.9 Å². The molecule has 1 atom stereocenters. The summed E-state index contributed by atoms with van der Waals surface area (Å²) in [5.74, 6) is 0.148. The normalized spacial score (nSPS) is 12.5. The lowest BCUT2D eigenvalue weighted by Crippen LogP contribution is -2.41. The zero-order valence-corrected chi connectivity index (χ0v) is 16.2. The number of aromatic nitrogens is 3. The van der Waals surface area contributed by atoms with Gasteiger partial charge in [-0.2, -0.15) is 0 Å². The molecule has 0 aliphatic rings. The third-order valence-corrected chi connectivity index (χ3v) is 5.50. The minimum atomic E-state index is -0.172. The monoisotopic (exact) mass is 368 g/mol. The molecule has 1 amide bonds. The van der Waals surface area contributed by atoms with E-state index in [0.717, 1.165) is 28.2 Å². The molecule has 0 radical (unpaired) electrons. The molecule has 0 aliphatic heterocycles. The van der Waals surface area contributed by atoms with Crippen molar-refractivity contribution in [3.63, 3.8) is 0 Å². The van der Waals surface area contributed by atoms with Crippen molar-refractivity contribution in [3.8, 4) is 0 Å². The molecule has 0 unspecified atom stereocenters. The lowest BCUT2D eigenvalue weighted by Gasteiger charge is -2.30. The molecule has 0 bridgehead atoms. The number of hydrogen-bond acceptors (Lipinski definition) is 4. The molecule has 3 rings (SSSR count). The van der Waals surface area contributed by atoms with E-state index in [-0.39, 0.29) is 17.2 Å². The van der Waals surface area contributed by atoms with Gasteiger partial charge in [0, 0.05) is 18.8 Å². The number of pyridine rings is 1. The second kappa shape index (κ2) is 8.36. The average molecular weight is 369 g/mol. The van der Waals surface area contributed by atoms with E-state index in [4.69, 9.17) is 0 Å². The van der Waals surface area contributed by atoms with Gasteiger partial charge >= 0.3 is 0 Å². The second-order valence-corrected chi connectivity index (χ2v) is 7.69. The maximum atomic E-state index is 13.2. The predicted octanol–water partition coefficient (Wildman–Crippen LogP) is 4.27. The number of carbonyl (C=O) groups is 1. The molecule has 1 N–H and O–H groups in total. The van der Waals surface area contributed by atoms with Crippen LogP contribution in [0.25, 0.3) is 11.0 Å². The minimum Gasteiger partial charge on any atom is -0.335 e. The minimum absolute atomic E-state index is 0.136. The molecule has 26 heavy (non-hydrogen) atoms. The Morgan fingerprint density at radius 2 is 2.00 bits per heavy atom. The zero-order chi connectivity index (χ0) is 18.5. The summed E-state index contributed by atoms with van der Waals surface area (Å²) in [7, 11) is 0. The molecule has 0 spiro atoms. The molecule has 2 heterocycles. The number of aromatic amines is 1. The van der Waals surface area contributed by atoms with Gasteiger partial charge in [0.2, 0.25) is 5.91 Å². The second-order valence-electron chi connectivity index (χ2n) is 6.50. The van der Waals surface area contributed by atoms with Crippen molar-refractivity contribution in [2.24, 2.45) is 0 Å². The first-order chi connectivity index (χ1) is 12.6. The highest BCUT2D eigenvalue weighted by atomic mass is 32.2. The molecule has 0 saturated heterocycles. The number of imidazole rings is 1. The maximum absolute atomic E-state index is 13.2. The van der Waals surface area contributed by atoms with Gasteiger partial charge in [0.25, 0.3) is 0 Å². The average Bonchev–Trinajstić information content (AvgIpc) is 3.06. The smallest absolute Gasteiger partial charge is 0.236 e. The quantitative estimate of drug-likeness (QED) is 0.633. The number of H-pyrrole nitrogens is 1. The summed E-state index contributed by atoms with van der Waals surface area (Å²) in [5, 5.41) is 0.589. The topological polar surface area (TPSA) is 61.9 Å². The Kier molecular flexibility index (Phi) is 5.93.